The van der Waals surface area contributed by atoms with Gasteiger partial charge in [0.05, 0.1) is 27.0 Å². The van der Waals surface area contributed by atoms with Crippen LogP contribution in [0.25, 0.3) is 21.7 Å². The van der Waals surface area contributed by atoms with Gasteiger partial charge in [0.15, 0.2) is 0 Å². The molecule has 0 bridgehead atoms. The lowest BCUT2D eigenvalue weighted by molar-refractivity contribution is 0.263. The number of thiophene rings is 1. The summed E-state index contributed by atoms with van der Waals surface area (Å²) in [4.78, 5) is 16.9. The molecule has 9 heteroatoms. The average Bonchev–Trinajstić information content (AvgIpc) is 3.60. The van der Waals surface area contributed by atoms with Crippen molar-refractivity contribution in [2.24, 2.45) is 0 Å². The predicted molar refractivity (Wildman–Crippen MR) is 151 cm³/mol. The van der Waals surface area contributed by atoms with Crippen molar-refractivity contribution in [1.29, 1.82) is 5.26 Å². The van der Waals surface area contributed by atoms with E-state index < -0.39 is 0 Å². The number of nitriles is 1. The van der Waals surface area contributed by atoms with Crippen LogP contribution in [0.5, 0.6) is 5.75 Å². The number of nitrogens with one attached hydrogen (secondary N) is 1. The first-order valence-corrected chi connectivity index (χ1v) is 14.4. The molecule has 5 rings (SSSR count). The van der Waals surface area contributed by atoms with Crippen molar-refractivity contribution in [2.75, 3.05) is 37.8 Å². The third-order valence-corrected chi connectivity index (χ3v) is 8.52. The fourth-order valence-electron chi connectivity index (χ4n) is 4.44. The minimum atomic E-state index is 0.485. The molecule has 3 aromatic heterocycles. The zero-order chi connectivity index (χ0) is 25.5. The summed E-state index contributed by atoms with van der Waals surface area (Å²) in [7, 11) is 0. The highest BCUT2D eigenvalue weighted by atomic mass is 32.2. The normalized spacial score (nSPS) is 13.4. The smallest absolute Gasteiger partial charge is 0.227 e. The van der Waals surface area contributed by atoms with Crippen molar-refractivity contribution in [2.45, 2.75) is 23.5 Å². The van der Waals surface area contributed by atoms with Gasteiger partial charge in [0.1, 0.15) is 11.8 Å². The Morgan fingerprint density at radius 1 is 1.16 bits per heavy atom. The Balaban J connectivity index is 1.33. The topological polar surface area (TPSA) is 87.0 Å². The minimum Gasteiger partial charge on any atom is -0.493 e. The van der Waals surface area contributed by atoms with Crippen LogP contribution in [0.3, 0.4) is 0 Å². The number of ether oxygens (including phenoxy) is 1. The SMILES string of the molecule is CSc1sc(-c2ccnc(Nc3cccc(OCCCN4CCCC4)c3)n2)c(-c2cccnc2)c1C#N. The quantitative estimate of drug-likeness (QED) is 0.185. The number of pyridine rings is 1. The number of likely N-dealkylation sites (tertiary alicyclic amines) is 1. The maximum Gasteiger partial charge on any atom is 0.227 e. The van der Waals surface area contributed by atoms with Gasteiger partial charge in [-0.3, -0.25) is 4.98 Å². The fourth-order valence-corrected chi connectivity index (χ4v) is 6.36. The van der Waals surface area contributed by atoms with Crippen molar-refractivity contribution in [3.8, 4) is 33.5 Å². The summed E-state index contributed by atoms with van der Waals surface area (Å²) in [6.07, 6.45) is 10.9. The standard InChI is InChI=1S/C28H28N6OS2/c1-36-27-23(18-29)25(20-7-5-11-30-19-20)26(37-27)24-10-12-31-28(33-24)32-21-8-4-9-22(17-21)35-16-6-15-34-13-2-3-14-34/h4-5,7-12,17,19H,2-3,6,13-16H2,1H3,(H,31,32,33). The number of nitrogens with zero attached hydrogens (tertiary/aromatic N) is 5. The molecule has 1 aliphatic heterocycles. The summed E-state index contributed by atoms with van der Waals surface area (Å²) in [5.74, 6) is 1.31. The van der Waals surface area contributed by atoms with Gasteiger partial charge >= 0.3 is 0 Å². The molecule has 1 saturated heterocycles. The van der Waals surface area contributed by atoms with E-state index in [1.807, 2.05) is 48.7 Å². The summed E-state index contributed by atoms with van der Waals surface area (Å²) in [5.41, 5.74) is 4.03. The maximum atomic E-state index is 9.92. The molecular weight excluding hydrogens is 500 g/mol. The van der Waals surface area contributed by atoms with E-state index in [1.165, 1.54) is 25.9 Å². The van der Waals surface area contributed by atoms with Crippen LogP contribution >= 0.6 is 23.1 Å². The molecule has 0 aliphatic carbocycles. The first-order chi connectivity index (χ1) is 18.2. The Morgan fingerprint density at radius 3 is 2.84 bits per heavy atom. The van der Waals surface area contributed by atoms with Crippen molar-refractivity contribution in [3.63, 3.8) is 0 Å². The fraction of sp³-hybridized carbons (Fsp3) is 0.286. The minimum absolute atomic E-state index is 0.485. The molecule has 1 aliphatic rings. The van der Waals surface area contributed by atoms with Gasteiger partial charge in [-0.2, -0.15) is 5.26 Å². The maximum absolute atomic E-state index is 9.92. The molecule has 37 heavy (non-hydrogen) atoms. The van der Waals surface area contributed by atoms with Crippen LogP contribution < -0.4 is 10.1 Å². The van der Waals surface area contributed by atoms with Gasteiger partial charge in [-0.15, -0.1) is 23.1 Å². The van der Waals surface area contributed by atoms with Crippen LogP contribution in [0.1, 0.15) is 24.8 Å². The van der Waals surface area contributed by atoms with Gasteiger partial charge in [0.25, 0.3) is 0 Å². The molecule has 1 N–H and O–H groups in total. The molecule has 0 radical (unpaired) electrons. The first-order valence-electron chi connectivity index (χ1n) is 12.3. The lowest BCUT2D eigenvalue weighted by Crippen LogP contribution is -2.21. The molecule has 4 heterocycles. The van der Waals surface area contributed by atoms with Gasteiger partial charge in [0.2, 0.25) is 5.95 Å². The molecule has 188 valence electrons. The van der Waals surface area contributed by atoms with Crippen LogP contribution in [0.15, 0.2) is 65.3 Å². The first kappa shape index (κ1) is 25.2. The molecule has 4 aromatic rings. The van der Waals surface area contributed by atoms with Crippen molar-refractivity contribution in [1.82, 2.24) is 19.9 Å². The monoisotopic (exact) mass is 528 g/mol. The number of rotatable bonds is 10. The van der Waals surface area contributed by atoms with Gasteiger partial charge < -0.3 is 15.0 Å². The Morgan fingerprint density at radius 2 is 2.05 bits per heavy atom. The number of aromatic nitrogens is 3. The number of thioether (sulfide) groups is 1. The second kappa shape index (κ2) is 12.2. The molecule has 0 saturated carbocycles. The van der Waals surface area contributed by atoms with Gasteiger partial charge in [-0.25, -0.2) is 9.97 Å². The van der Waals surface area contributed by atoms with Crippen molar-refractivity contribution >= 4 is 34.7 Å². The predicted octanol–water partition coefficient (Wildman–Crippen LogP) is 6.47. The number of hydrogen-bond donors (Lipinski definition) is 1. The van der Waals surface area contributed by atoms with E-state index in [0.29, 0.717) is 18.1 Å². The molecular formula is C28H28N6OS2. The number of hydrogen-bond acceptors (Lipinski definition) is 9. The number of anilines is 2. The van der Waals surface area contributed by atoms with E-state index in [4.69, 9.17) is 9.72 Å². The largest absolute Gasteiger partial charge is 0.493 e. The third kappa shape index (κ3) is 6.10. The molecule has 0 unspecified atom stereocenters. The highest BCUT2D eigenvalue weighted by Gasteiger charge is 2.22. The summed E-state index contributed by atoms with van der Waals surface area (Å²) in [6.45, 7) is 4.21. The Labute approximate surface area is 225 Å². The molecule has 0 atom stereocenters. The second-order valence-electron chi connectivity index (χ2n) is 8.70. The zero-order valence-corrected chi connectivity index (χ0v) is 22.3. The lowest BCUT2D eigenvalue weighted by Gasteiger charge is -2.14. The summed E-state index contributed by atoms with van der Waals surface area (Å²) in [6, 6.07) is 16.0. The molecule has 0 spiro atoms. The van der Waals surface area contributed by atoms with Crippen molar-refractivity contribution < 1.29 is 4.74 Å². The van der Waals surface area contributed by atoms with E-state index in [1.54, 1.807) is 41.7 Å². The van der Waals surface area contributed by atoms with Crippen LogP contribution in [0.2, 0.25) is 0 Å². The van der Waals surface area contributed by atoms with Gasteiger partial charge in [-0.1, -0.05) is 12.1 Å². The highest BCUT2D eigenvalue weighted by molar-refractivity contribution is 8.00. The van der Waals surface area contributed by atoms with Gasteiger partial charge in [0, 0.05) is 48.0 Å². The van der Waals surface area contributed by atoms with Crippen LogP contribution in [-0.4, -0.2) is 52.3 Å². The van der Waals surface area contributed by atoms with E-state index in [2.05, 4.69) is 26.3 Å². The molecule has 0 amide bonds. The van der Waals surface area contributed by atoms with E-state index in [9.17, 15) is 5.26 Å². The lowest BCUT2D eigenvalue weighted by atomic mass is 10.0. The van der Waals surface area contributed by atoms with Gasteiger partial charge in [-0.05, 0) is 62.9 Å². The van der Waals surface area contributed by atoms with Crippen molar-refractivity contribution in [3.05, 3.63) is 66.6 Å². The summed E-state index contributed by atoms with van der Waals surface area (Å²) in [5, 5.41) is 13.2. The van der Waals surface area contributed by atoms with E-state index in [0.717, 1.165) is 50.3 Å². The second-order valence-corrected chi connectivity index (χ2v) is 10.8. The Bertz CT molecular complexity index is 1380. The van der Waals surface area contributed by atoms with E-state index in [-0.39, 0.29) is 0 Å². The average molecular weight is 529 g/mol. The summed E-state index contributed by atoms with van der Waals surface area (Å²) < 4.78 is 6.96. The molecule has 7 nitrogen and oxygen atoms in total. The van der Waals surface area contributed by atoms with Crippen LogP contribution in [0.4, 0.5) is 11.6 Å². The zero-order valence-electron chi connectivity index (χ0n) is 20.7. The van der Waals surface area contributed by atoms with Crippen LogP contribution in [-0.2, 0) is 0 Å². The highest BCUT2D eigenvalue weighted by Crippen LogP contribution is 2.45. The molecule has 1 aromatic carbocycles. The Kier molecular flexibility index (Phi) is 8.31. The number of benzene rings is 1. The third-order valence-electron chi connectivity index (χ3n) is 6.19. The van der Waals surface area contributed by atoms with E-state index >= 15 is 0 Å². The van der Waals surface area contributed by atoms with Crippen LogP contribution in [0, 0.1) is 11.3 Å². The molecule has 1 fully saturated rings. The summed E-state index contributed by atoms with van der Waals surface area (Å²) >= 11 is 3.14. The Hall–Kier alpha value is -3.45.